The molecule has 0 amide bonds. The van der Waals surface area contributed by atoms with Gasteiger partial charge in [-0.15, -0.1) is 24.0 Å². The van der Waals surface area contributed by atoms with Crippen LogP contribution in [0.2, 0.25) is 0 Å². The Hall–Kier alpha value is -1.17. The molecular formula is C18H29FIN5O2S. The lowest BCUT2D eigenvalue weighted by Gasteiger charge is -2.20. The third kappa shape index (κ3) is 6.43. The standard InChI is InChI=1S/C18H28FN5O2S.HI/c1-3-20-17(22-12-18(7-8-18)13-27(2,25)26)23-14-6-10-24(11-14)16-15(19)5-4-9-21-16;/h4-5,9,14H,3,6-8,10-13H2,1-2H3,(H2,20,22,23);1H. The van der Waals surface area contributed by atoms with E-state index in [0.717, 1.165) is 32.4 Å². The van der Waals surface area contributed by atoms with Crippen molar-refractivity contribution in [2.75, 3.05) is 43.1 Å². The molecule has 28 heavy (non-hydrogen) atoms. The van der Waals surface area contributed by atoms with Crippen LogP contribution >= 0.6 is 24.0 Å². The molecule has 158 valence electrons. The zero-order valence-electron chi connectivity index (χ0n) is 16.3. The minimum atomic E-state index is -3.00. The number of sulfone groups is 1. The minimum absolute atomic E-state index is 0. The topological polar surface area (TPSA) is 86.7 Å². The van der Waals surface area contributed by atoms with E-state index in [4.69, 9.17) is 0 Å². The van der Waals surface area contributed by atoms with Gasteiger partial charge in [0.05, 0.1) is 5.75 Å². The Balaban J connectivity index is 0.00000280. The molecule has 2 N–H and O–H groups in total. The van der Waals surface area contributed by atoms with Gasteiger partial charge < -0.3 is 15.5 Å². The Bertz CT molecular complexity index is 801. The number of hydrogen-bond donors (Lipinski definition) is 2. The van der Waals surface area contributed by atoms with E-state index in [0.29, 0.717) is 24.9 Å². The Labute approximate surface area is 183 Å². The number of aromatic nitrogens is 1. The predicted octanol–water partition coefficient (Wildman–Crippen LogP) is 1.80. The molecule has 1 aliphatic carbocycles. The highest BCUT2D eigenvalue weighted by molar-refractivity contribution is 14.0. The lowest BCUT2D eigenvalue weighted by Crippen LogP contribution is -2.45. The maximum absolute atomic E-state index is 13.9. The summed E-state index contributed by atoms with van der Waals surface area (Å²) in [6.07, 6.45) is 5.54. The summed E-state index contributed by atoms with van der Waals surface area (Å²) in [5.74, 6) is 0.952. The van der Waals surface area contributed by atoms with Gasteiger partial charge in [0, 0.05) is 50.1 Å². The highest BCUT2D eigenvalue weighted by Crippen LogP contribution is 2.46. The minimum Gasteiger partial charge on any atom is -0.357 e. The Kier molecular flexibility index (Phi) is 7.89. The molecule has 1 saturated carbocycles. The van der Waals surface area contributed by atoms with Crippen molar-refractivity contribution in [3.05, 3.63) is 24.1 Å². The highest BCUT2D eigenvalue weighted by atomic mass is 127. The van der Waals surface area contributed by atoms with E-state index in [-0.39, 0.29) is 47.0 Å². The van der Waals surface area contributed by atoms with Crippen molar-refractivity contribution in [3.8, 4) is 0 Å². The first-order chi connectivity index (χ1) is 12.8. The van der Waals surface area contributed by atoms with Crippen LogP contribution in [-0.4, -0.2) is 63.6 Å². The number of halogens is 2. The summed E-state index contributed by atoms with van der Waals surface area (Å²) in [7, 11) is -3.00. The summed E-state index contributed by atoms with van der Waals surface area (Å²) in [4.78, 5) is 10.7. The molecule has 1 aromatic heterocycles. The molecule has 1 unspecified atom stereocenters. The molecule has 1 aliphatic heterocycles. The Morgan fingerprint density at radius 1 is 1.46 bits per heavy atom. The molecule has 2 aliphatic rings. The van der Waals surface area contributed by atoms with Gasteiger partial charge in [-0.2, -0.15) is 0 Å². The van der Waals surface area contributed by atoms with Gasteiger partial charge in [-0.25, -0.2) is 17.8 Å². The quantitative estimate of drug-likeness (QED) is 0.321. The summed E-state index contributed by atoms with van der Waals surface area (Å²) in [6, 6.07) is 3.14. The Morgan fingerprint density at radius 3 is 2.82 bits per heavy atom. The average molecular weight is 525 g/mol. The second-order valence-electron chi connectivity index (χ2n) is 7.65. The van der Waals surface area contributed by atoms with Gasteiger partial charge in [0.15, 0.2) is 17.6 Å². The van der Waals surface area contributed by atoms with Gasteiger partial charge in [0.2, 0.25) is 0 Å². The van der Waals surface area contributed by atoms with Gasteiger partial charge in [0.25, 0.3) is 0 Å². The molecule has 1 saturated heterocycles. The predicted molar refractivity (Wildman–Crippen MR) is 121 cm³/mol. The number of nitrogens with zero attached hydrogens (tertiary/aromatic N) is 3. The molecule has 10 heteroatoms. The first kappa shape index (κ1) is 23.1. The highest BCUT2D eigenvalue weighted by Gasteiger charge is 2.45. The van der Waals surface area contributed by atoms with Gasteiger partial charge in [-0.1, -0.05) is 0 Å². The van der Waals surface area contributed by atoms with Crippen LogP contribution in [0, 0.1) is 11.2 Å². The van der Waals surface area contributed by atoms with Crippen molar-refractivity contribution in [3.63, 3.8) is 0 Å². The monoisotopic (exact) mass is 525 g/mol. The second-order valence-corrected chi connectivity index (χ2v) is 9.79. The molecule has 0 spiro atoms. The fourth-order valence-corrected chi connectivity index (χ4v) is 5.01. The van der Waals surface area contributed by atoms with Crippen LogP contribution in [0.15, 0.2) is 23.3 Å². The fraction of sp³-hybridized carbons (Fsp3) is 0.667. The van der Waals surface area contributed by atoms with Gasteiger partial charge in [-0.3, -0.25) is 4.99 Å². The molecule has 0 aromatic carbocycles. The van der Waals surface area contributed by atoms with Crippen LogP contribution in [-0.2, 0) is 9.84 Å². The summed E-state index contributed by atoms with van der Waals surface area (Å²) in [5.41, 5.74) is -0.200. The number of hydrogen-bond acceptors (Lipinski definition) is 5. The number of nitrogens with one attached hydrogen (secondary N) is 2. The lowest BCUT2D eigenvalue weighted by atomic mass is 10.1. The van der Waals surface area contributed by atoms with Crippen molar-refractivity contribution in [1.82, 2.24) is 15.6 Å². The Morgan fingerprint density at radius 2 is 2.21 bits per heavy atom. The summed E-state index contributed by atoms with van der Waals surface area (Å²) in [5, 5.41) is 6.62. The smallest absolute Gasteiger partial charge is 0.191 e. The average Bonchev–Trinajstić information content (AvgIpc) is 3.18. The molecule has 0 radical (unpaired) electrons. The molecular weight excluding hydrogens is 496 g/mol. The molecule has 0 bridgehead atoms. The lowest BCUT2D eigenvalue weighted by molar-refractivity contribution is 0.548. The number of anilines is 1. The van der Waals surface area contributed by atoms with Crippen LogP contribution in [0.1, 0.15) is 26.2 Å². The van der Waals surface area contributed by atoms with E-state index >= 15 is 0 Å². The van der Waals surface area contributed by atoms with Gasteiger partial charge in [0.1, 0.15) is 9.84 Å². The SMILES string of the molecule is CCNC(=NCC1(CS(C)(=O)=O)CC1)NC1CCN(c2ncccc2F)C1.I. The maximum Gasteiger partial charge on any atom is 0.191 e. The van der Waals surface area contributed by atoms with Crippen molar-refractivity contribution in [2.45, 2.75) is 32.2 Å². The third-order valence-corrected chi connectivity index (χ3v) is 6.15. The number of rotatable bonds is 7. The molecule has 1 atom stereocenters. The van der Waals surface area contributed by atoms with Crippen molar-refractivity contribution in [1.29, 1.82) is 0 Å². The zero-order chi connectivity index (χ0) is 19.5. The van der Waals surface area contributed by atoms with Crippen LogP contribution in [0.5, 0.6) is 0 Å². The van der Waals surface area contributed by atoms with Crippen molar-refractivity contribution in [2.24, 2.45) is 10.4 Å². The zero-order valence-corrected chi connectivity index (χ0v) is 19.5. The molecule has 2 fully saturated rings. The van der Waals surface area contributed by atoms with Crippen LogP contribution in [0.25, 0.3) is 0 Å². The largest absolute Gasteiger partial charge is 0.357 e. The number of guanidine groups is 1. The summed E-state index contributed by atoms with van der Waals surface area (Å²) < 4.78 is 37.2. The summed E-state index contributed by atoms with van der Waals surface area (Å²) in [6.45, 7) is 4.58. The van der Waals surface area contributed by atoms with E-state index in [9.17, 15) is 12.8 Å². The van der Waals surface area contributed by atoms with Crippen molar-refractivity contribution < 1.29 is 12.8 Å². The molecule has 2 heterocycles. The van der Waals surface area contributed by atoms with Crippen LogP contribution in [0.3, 0.4) is 0 Å². The van der Waals surface area contributed by atoms with E-state index in [1.165, 1.54) is 12.3 Å². The van der Waals surface area contributed by atoms with E-state index in [2.05, 4.69) is 20.6 Å². The first-order valence-corrected chi connectivity index (χ1v) is 11.4. The van der Waals surface area contributed by atoms with E-state index in [1.807, 2.05) is 11.8 Å². The number of aliphatic imine (C=N–C) groups is 1. The second kappa shape index (κ2) is 9.55. The summed E-state index contributed by atoms with van der Waals surface area (Å²) >= 11 is 0. The normalized spacial score (nSPS) is 21.2. The molecule has 1 aromatic rings. The maximum atomic E-state index is 13.9. The first-order valence-electron chi connectivity index (χ1n) is 9.38. The number of pyridine rings is 1. The van der Waals surface area contributed by atoms with Crippen LogP contribution in [0.4, 0.5) is 10.2 Å². The molecule has 7 nitrogen and oxygen atoms in total. The van der Waals surface area contributed by atoms with Gasteiger partial charge >= 0.3 is 0 Å². The van der Waals surface area contributed by atoms with Gasteiger partial charge in [-0.05, 0) is 38.3 Å². The van der Waals surface area contributed by atoms with E-state index < -0.39 is 9.84 Å². The molecule has 3 rings (SSSR count). The fourth-order valence-electron chi connectivity index (χ4n) is 3.52. The third-order valence-electron chi connectivity index (χ3n) is 5.01. The van der Waals surface area contributed by atoms with E-state index in [1.54, 1.807) is 12.3 Å². The van der Waals surface area contributed by atoms with Crippen LogP contribution < -0.4 is 15.5 Å². The van der Waals surface area contributed by atoms with Crippen molar-refractivity contribution >= 4 is 45.6 Å².